The number of rotatable bonds is 8. The molecule has 0 aliphatic heterocycles. The lowest BCUT2D eigenvalue weighted by Gasteiger charge is -2.31. The summed E-state index contributed by atoms with van der Waals surface area (Å²) in [6.45, 7) is 4.23. The van der Waals surface area contributed by atoms with Crippen molar-refractivity contribution in [2.45, 2.75) is 70.9 Å². The predicted molar refractivity (Wildman–Crippen MR) is 127 cm³/mol. The lowest BCUT2D eigenvalue weighted by Crippen LogP contribution is -2.40. The Morgan fingerprint density at radius 1 is 1.28 bits per heavy atom. The Labute approximate surface area is 192 Å². The van der Waals surface area contributed by atoms with Crippen molar-refractivity contribution in [3.63, 3.8) is 0 Å². The highest BCUT2D eigenvalue weighted by Crippen LogP contribution is 2.37. The van der Waals surface area contributed by atoms with Crippen LogP contribution < -0.4 is 5.32 Å². The van der Waals surface area contributed by atoms with Crippen LogP contribution in [0, 0.1) is 5.92 Å². The molecule has 1 aliphatic carbocycles. The quantitative estimate of drug-likeness (QED) is 0.477. The number of hydrogen-bond acceptors (Lipinski definition) is 4. The smallest absolute Gasteiger partial charge is 0.326 e. The van der Waals surface area contributed by atoms with Crippen LogP contribution in [-0.4, -0.2) is 32.6 Å². The molecule has 0 saturated heterocycles. The highest BCUT2D eigenvalue weighted by Gasteiger charge is 2.27. The standard InChI is InChI=1S/C25H31N3O3S/c1-3-7-19(25(30)31)27-24(29)17-11-12-22-20(14-17)26-23(15-18-9-6-13-32-18)28(22)21-10-5-4-8-16(21)2/h6,9,11-14,16,19,21H,3-5,7-8,10,15H2,1-2H3,(H,27,29)(H,30,31). The molecule has 2 N–H and O–H groups in total. The number of amides is 1. The summed E-state index contributed by atoms with van der Waals surface area (Å²) in [6, 6.07) is 9.31. The van der Waals surface area contributed by atoms with Crippen molar-refractivity contribution in [1.82, 2.24) is 14.9 Å². The van der Waals surface area contributed by atoms with Gasteiger partial charge in [-0.3, -0.25) is 4.79 Å². The van der Waals surface area contributed by atoms with Crippen LogP contribution in [0.1, 0.15) is 79.5 Å². The molecule has 4 rings (SSSR count). The highest BCUT2D eigenvalue weighted by molar-refractivity contribution is 7.09. The molecule has 6 nitrogen and oxygen atoms in total. The van der Waals surface area contributed by atoms with Gasteiger partial charge in [-0.05, 0) is 54.8 Å². The van der Waals surface area contributed by atoms with Gasteiger partial charge in [-0.15, -0.1) is 11.3 Å². The van der Waals surface area contributed by atoms with Crippen molar-refractivity contribution in [2.24, 2.45) is 5.92 Å². The third-order valence-corrected chi connectivity index (χ3v) is 7.39. The molecule has 1 aromatic carbocycles. The van der Waals surface area contributed by atoms with E-state index < -0.39 is 12.0 Å². The summed E-state index contributed by atoms with van der Waals surface area (Å²) in [7, 11) is 0. The number of carboxylic acids is 1. The Kier molecular flexibility index (Phi) is 6.94. The van der Waals surface area contributed by atoms with E-state index in [0.717, 1.165) is 29.7 Å². The lowest BCUT2D eigenvalue weighted by molar-refractivity contribution is -0.139. The fourth-order valence-electron chi connectivity index (χ4n) is 4.82. The average molecular weight is 454 g/mol. The van der Waals surface area contributed by atoms with Gasteiger partial charge in [-0.25, -0.2) is 9.78 Å². The number of hydrogen-bond donors (Lipinski definition) is 2. The van der Waals surface area contributed by atoms with Crippen molar-refractivity contribution in [3.05, 3.63) is 52.0 Å². The number of thiophene rings is 1. The van der Waals surface area contributed by atoms with Crippen LogP contribution >= 0.6 is 11.3 Å². The summed E-state index contributed by atoms with van der Waals surface area (Å²) in [5, 5.41) is 14.1. The number of aliphatic carboxylic acids is 1. The minimum atomic E-state index is -1.00. The topological polar surface area (TPSA) is 84.2 Å². The molecular formula is C25H31N3O3S. The number of benzene rings is 1. The summed E-state index contributed by atoms with van der Waals surface area (Å²) in [6.07, 6.45) is 6.73. The second-order valence-corrected chi connectivity index (χ2v) is 9.87. The molecule has 3 aromatic rings. The van der Waals surface area contributed by atoms with Crippen LogP contribution in [0.15, 0.2) is 35.7 Å². The van der Waals surface area contributed by atoms with E-state index in [9.17, 15) is 14.7 Å². The largest absolute Gasteiger partial charge is 0.480 e. The normalized spacial score (nSPS) is 19.7. The summed E-state index contributed by atoms with van der Waals surface area (Å²) in [5.41, 5.74) is 2.29. The fraction of sp³-hybridized carbons (Fsp3) is 0.480. The van der Waals surface area contributed by atoms with Gasteiger partial charge in [0.1, 0.15) is 11.9 Å². The number of carboxylic acid groups (broad SMARTS) is 1. The summed E-state index contributed by atoms with van der Waals surface area (Å²) >= 11 is 1.73. The number of nitrogens with zero attached hydrogens (tertiary/aromatic N) is 2. The number of carbonyl (C=O) groups is 2. The van der Waals surface area contributed by atoms with Gasteiger partial charge in [0, 0.05) is 22.9 Å². The third-order valence-electron chi connectivity index (χ3n) is 6.52. The van der Waals surface area contributed by atoms with Gasteiger partial charge in [0.05, 0.1) is 11.0 Å². The molecule has 1 fully saturated rings. The van der Waals surface area contributed by atoms with E-state index in [0.29, 0.717) is 30.4 Å². The van der Waals surface area contributed by atoms with Crippen LogP contribution in [-0.2, 0) is 11.2 Å². The summed E-state index contributed by atoms with van der Waals surface area (Å²) < 4.78 is 2.40. The molecule has 1 saturated carbocycles. The summed E-state index contributed by atoms with van der Waals surface area (Å²) in [4.78, 5) is 30.5. The Morgan fingerprint density at radius 3 is 2.78 bits per heavy atom. The zero-order valence-electron chi connectivity index (χ0n) is 18.7. The Balaban J connectivity index is 1.70. The summed E-state index contributed by atoms with van der Waals surface area (Å²) in [5.74, 6) is 0.243. The molecule has 2 aromatic heterocycles. The lowest BCUT2D eigenvalue weighted by atomic mass is 9.85. The number of aromatic nitrogens is 2. The van der Waals surface area contributed by atoms with E-state index >= 15 is 0 Å². The van der Waals surface area contributed by atoms with Gasteiger partial charge in [0.2, 0.25) is 0 Å². The maximum atomic E-state index is 12.8. The van der Waals surface area contributed by atoms with Gasteiger partial charge in [-0.2, -0.15) is 0 Å². The molecule has 32 heavy (non-hydrogen) atoms. The van der Waals surface area contributed by atoms with E-state index in [1.807, 2.05) is 13.0 Å². The van der Waals surface area contributed by atoms with Gasteiger partial charge >= 0.3 is 5.97 Å². The molecular weight excluding hydrogens is 422 g/mol. The molecule has 2 heterocycles. The van der Waals surface area contributed by atoms with Crippen molar-refractivity contribution < 1.29 is 14.7 Å². The third kappa shape index (κ3) is 4.72. The minimum Gasteiger partial charge on any atom is -0.480 e. The molecule has 3 atom stereocenters. The monoisotopic (exact) mass is 453 g/mol. The van der Waals surface area contributed by atoms with Gasteiger partial charge in [-0.1, -0.05) is 39.2 Å². The van der Waals surface area contributed by atoms with Gasteiger partial charge < -0.3 is 15.0 Å². The zero-order chi connectivity index (χ0) is 22.7. The highest BCUT2D eigenvalue weighted by atomic mass is 32.1. The van der Waals surface area contributed by atoms with Gasteiger partial charge in [0.25, 0.3) is 5.91 Å². The Bertz CT molecular complexity index is 1090. The van der Waals surface area contributed by atoms with Crippen molar-refractivity contribution in [1.29, 1.82) is 0 Å². The molecule has 1 aliphatic rings. The Morgan fingerprint density at radius 2 is 2.09 bits per heavy atom. The Hall–Kier alpha value is -2.67. The molecule has 7 heteroatoms. The number of carbonyl (C=O) groups excluding carboxylic acids is 1. The molecule has 1 amide bonds. The first-order chi connectivity index (χ1) is 15.5. The van der Waals surface area contributed by atoms with Crippen molar-refractivity contribution in [3.8, 4) is 0 Å². The van der Waals surface area contributed by atoms with Crippen LogP contribution in [0.3, 0.4) is 0 Å². The molecule has 0 bridgehead atoms. The number of fused-ring (bicyclic) bond motifs is 1. The second kappa shape index (κ2) is 9.86. The van der Waals surface area contributed by atoms with Crippen LogP contribution in [0.25, 0.3) is 11.0 Å². The first kappa shape index (κ1) is 22.5. The molecule has 3 unspecified atom stereocenters. The molecule has 0 spiro atoms. The van der Waals surface area contributed by atoms with Crippen LogP contribution in [0.5, 0.6) is 0 Å². The fourth-order valence-corrected chi connectivity index (χ4v) is 5.52. The number of nitrogens with one attached hydrogen (secondary N) is 1. The van der Waals surface area contributed by atoms with Crippen LogP contribution in [0.4, 0.5) is 0 Å². The number of imidazole rings is 1. The predicted octanol–water partition coefficient (Wildman–Crippen LogP) is 5.42. The first-order valence-corrected chi connectivity index (χ1v) is 12.4. The van der Waals surface area contributed by atoms with E-state index in [4.69, 9.17) is 4.98 Å². The maximum absolute atomic E-state index is 12.8. The van der Waals surface area contributed by atoms with E-state index in [2.05, 4.69) is 34.3 Å². The van der Waals surface area contributed by atoms with E-state index in [1.54, 1.807) is 23.5 Å². The van der Waals surface area contributed by atoms with E-state index in [1.165, 1.54) is 24.1 Å². The average Bonchev–Trinajstić information content (AvgIpc) is 3.41. The minimum absolute atomic E-state index is 0.367. The van der Waals surface area contributed by atoms with Crippen molar-refractivity contribution in [2.75, 3.05) is 0 Å². The SMILES string of the molecule is CCCC(NC(=O)c1ccc2c(c1)nc(Cc1cccs1)n2C1CCCCC1C)C(=O)O. The second-order valence-electron chi connectivity index (χ2n) is 8.84. The zero-order valence-corrected chi connectivity index (χ0v) is 19.5. The molecule has 0 radical (unpaired) electrons. The van der Waals surface area contributed by atoms with E-state index in [-0.39, 0.29) is 5.91 Å². The first-order valence-electron chi connectivity index (χ1n) is 11.5. The molecule has 170 valence electrons. The van der Waals surface area contributed by atoms with Crippen molar-refractivity contribution >= 4 is 34.2 Å². The van der Waals surface area contributed by atoms with Crippen LogP contribution in [0.2, 0.25) is 0 Å². The van der Waals surface area contributed by atoms with Gasteiger partial charge in [0.15, 0.2) is 0 Å². The maximum Gasteiger partial charge on any atom is 0.326 e.